The zero-order valence-corrected chi connectivity index (χ0v) is 13.4. The Labute approximate surface area is 138 Å². The maximum Gasteiger partial charge on any atom is 0.471 e. The van der Waals surface area contributed by atoms with Crippen LogP contribution in [0.3, 0.4) is 0 Å². The number of amides is 1. The van der Waals surface area contributed by atoms with E-state index in [1.807, 2.05) is 0 Å². The van der Waals surface area contributed by atoms with Crippen LogP contribution in [0.4, 0.5) is 18.9 Å². The second-order valence-corrected chi connectivity index (χ2v) is 6.10. The number of hydrogen-bond acceptors (Lipinski definition) is 6. The summed E-state index contributed by atoms with van der Waals surface area (Å²) in [5.74, 6) is -3.77. The van der Waals surface area contributed by atoms with Gasteiger partial charge in [0.05, 0.1) is 17.7 Å². The smallest absolute Gasteiger partial charge is 0.465 e. The Hall–Kier alpha value is -1.94. The van der Waals surface area contributed by atoms with E-state index >= 15 is 0 Å². The highest BCUT2D eigenvalue weighted by Crippen LogP contribution is 2.32. The Morgan fingerprint density at radius 1 is 1.29 bits per heavy atom. The number of Topliss-reactive ketones (excluding diaryl/α,β-unsaturated/α-hetero) is 1. The van der Waals surface area contributed by atoms with Gasteiger partial charge in [0.25, 0.3) is 0 Å². The van der Waals surface area contributed by atoms with E-state index in [0.29, 0.717) is 37.4 Å². The molecule has 0 bridgehead atoms. The van der Waals surface area contributed by atoms with Crippen molar-refractivity contribution in [3.63, 3.8) is 0 Å². The summed E-state index contributed by atoms with van der Waals surface area (Å²) in [6.45, 7) is 0.840. The first kappa shape index (κ1) is 18.4. The van der Waals surface area contributed by atoms with Crippen LogP contribution in [0.5, 0.6) is 0 Å². The Kier molecular flexibility index (Phi) is 5.60. The third-order valence-electron chi connectivity index (χ3n) is 3.44. The van der Waals surface area contributed by atoms with Gasteiger partial charge in [-0.25, -0.2) is 4.79 Å². The van der Waals surface area contributed by atoms with Crippen molar-refractivity contribution < 1.29 is 37.0 Å². The van der Waals surface area contributed by atoms with Crippen molar-refractivity contribution in [2.45, 2.75) is 19.0 Å². The fourth-order valence-corrected chi connectivity index (χ4v) is 3.25. The van der Waals surface area contributed by atoms with Crippen molar-refractivity contribution in [3.8, 4) is 0 Å². The molecule has 1 aromatic heterocycles. The van der Waals surface area contributed by atoms with Crippen LogP contribution >= 0.6 is 11.3 Å². The van der Waals surface area contributed by atoms with Crippen molar-refractivity contribution in [1.82, 2.24) is 0 Å². The summed E-state index contributed by atoms with van der Waals surface area (Å²) in [7, 11) is 1.05. The van der Waals surface area contributed by atoms with E-state index in [9.17, 15) is 27.6 Å². The summed E-state index contributed by atoms with van der Waals surface area (Å²) >= 11 is 0.700. The predicted molar refractivity (Wildman–Crippen MR) is 78.2 cm³/mol. The molecule has 132 valence electrons. The topological polar surface area (TPSA) is 81.7 Å². The van der Waals surface area contributed by atoms with E-state index in [4.69, 9.17) is 4.74 Å². The van der Waals surface area contributed by atoms with E-state index in [-0.39, 0.29) is 27.1 Å². The SMILES string of the molecule is COC(=O)c1sc(C(=O)C2CCOCC2)cc1NC(=O)C(F)(F)F. The molecule has 0 unspecified atom stereocenters. The fourth-order valence-electron chi connectivity index (χ4n) is 2.20. The van der Waals surface area contributed by atoms with Crippen molar-refractivity contribution in [3.05, 3.63) is 15.8 Å². The third kappa shape index (κ3) is 4.12. The molecule has 6 nitrogen and oxygen atoms in total. The lowest BCUT2D eigenvalue weighted by Crippen LogP contribution is -2.30. The number of anilines is 1. The minimum absolute atomic E-state index is 0.0970. The van der Waals surface area contributed by atoms with Gasteiger partial charge in [-0.15, -0.1) is 11.3 Å². The van der Waals surface area contributed by atoms with Gasteiger partial charge in [-0.3, -0.25) is 9.59 Å². The average Bonchev–Trinajstić information content (AvgIpc) is 2.97. The highest BCUT2D eigenvalue weighted by atomic mass is 32.1. The molecule has 0 aliphatic carbocycles. The number of thiophene rings is 1. The molecule has 1 amide bonds. The summed E-state index contributed by atoms with van der Waals surface area (Å²) in [6, 6.07) is 1.08. The van der Waals surface area contributed by atoms with Gasteiger partial charge >= 0.3 is 18.1 Å². The number of ketones is 1. The molecule has 1 aliphatic heterocycles. The number of esters is 1. The summed E-state index contributed by atoms with van der Waals surface area (Å²) in [6.07, 6.45) is -4.12. The molecule has 1 N–H and O–H groups in total. The van der Waals surface area contributed by atoms with Gasteiger partial charge < -0.3 is 14.8 Å². The number of nitrogens with one attached hydrogen (secondary N) is 1. The third-order valence-corrected chi connectivity index (χ3v) is 4.57. The Morgan fingerprint density at radius 3 is 2.46 bits per heavy atom. The first-order valence-corrected chi connectivity index (χ1v) is 7.78. The number of carbonyl (C=O) groups excluding carboxylic acids is 3. The summed E-state index contributed by atoms with van der Waals surface area (Å²) < 4.78 is 46.8. The number of rotatable bonds is 4. The number of alkyl halides is 3. The van der Waals surface area contributed by atoms with Gasteiger partial charge in [0, 0.05) is 19.1 Å². The van der Waals surface area contributed by atoms with Crippen LogP contribution in [0.25, 0.3) is 0 Å². The average molecular weight is 365 g/mol. The van der Waals surface area contributed by atoms with Gasteiger partial charge in [-0.1, -0.05) is 0 Å². The normalized spacial score (nSPS) is 15.8. The maximum atomic E-state index is 12.4. The van der Waals surface area contributed by atoms with Crippen LogP contribution in [-0.4, -0.2) is 44.2 Å². The summed E-state index contributed by atoms with van der Waals surface area (Å²) in [5, 5.41) is 1.61. The molecule has 24 heavy (non-hydrogen) atoms. The standard InChI is InChI=1S/C14H14F3NO5S/c1-22-12(20)11-8(18-13(21)14(15,16)17)6-9(24-11)10(19)7-2-4-23-5-3-7/h6-7H,2-5H2,1H3,(H,18,21). The first-order chi connectivity index (χ1) is 11.2. The molecule has 10 heteroatoms. The molecule has 0 radical (unpaired) electrons. The minimum Gasteiger partial charge on any atom is -0.465 e. The molecule has 0 aromatic carbocycles. The van der Waals surface area contributed by atoms with Gasteiger partial charge in [-0.2, -0.15) is 13.2 Å². The Bertz CT molecular complexity index is 649. The molecule has 2 heterocycles. The second-order valence-electron chi connectivity index (χ2n) is 5.05. The fraction of sp³-hybridized carbons (Fsp3) is 0.500. The number of methoxy groups -OCH3 is 1. The maximum absolute atomic E-state index is 12.4. The molecular formula is C14H14F3NO5S. The number of ether oxygens (including phenoxy) is 2. The Morgan fingerprint density at radius 2 is 1.92 bits per heavy atom. The largest absolute Gasteiger partial charge is 0.471 e. The monoisotopic (exact) mass is 365 g/mol. The van der Waals surface area contributed by atoms with Gasteiger partial charge in [0.15, 0.2) is 5.78 Å². The molecular weight excluding hydrogens is 351 g/mol. The molecule has 1 fully saturated rings. The zero-order chi connectivity index (χ0) is 17.9. The lowest BCUT2D eigenvalue weighted by molar-refractivity contribution is -0.167. The van der Waals surface area contributed by atoms with Gasteiger partial charge in [0.2, 0.25) is 0 Å². The Balaban J connectivity index is 2.29. The van der Waals surface area contributed by atoms with E-state index in [1.54, 1.807) is 5.32 Å². The predicted octanol–water partition coefficient (Wildman–Crippen LogP) is 2.64. The molecule has 1 aliphatic rings. The van der Waals surface area contributed by atoms with Crippen LogP contribution in [0, 0.1) is 5.92 Å². The highest BCUT2D eigenvalue weighted by molar-refractivity contribution is 7.16. The van der Waals surface area contributed by atoms with E-state index in [2.05, 4.69) is 4.74 Å². The van der Waals surface area contributed by atoms with Crippen molar-refractivity contribution >= 4 is 34.7 Å². The van der Waals surface area contributed by atoms with Crippen molar-refractivity contribution in [2.24, 2.45) is 5.92 Å². The molecule has 2 rings (SSSR count). The van der Waals surface area contributed by atoms with Crippen LogP contribution in [0.15, 0.2) is 6.07 Å². The number of carbonyl (C=O) groups is 3. The lowest BCUT2D eigenvalue weighted by Gasteiger charge is -2.19. The molecule has 0 spiro atoms. The molecule has 1 saturated heterocycles. The zero-order valence-electron chi connectivity index (χ0n) is 12.6. The quantitative estimate of drug-likeness (QED) is 0.655. The summed E-state index contributed by atoms with van der Waals surface area (Å²) in [5.41, 5.74) is -0.385. The van der Waals surface area contributed by atoms with Gasteiger partial charge in [0.1, 0.15) is 4.88 Å². The van der Waals surface area contributed by atoms with Crippen LogP contribution in [-0.2, 0) is 14.3 Å². The second kappa shape index (κ2) is 7.31. The van der Waals surface area contributed by atoms with Crippen LogP contribution < -0.4 is 5.32 Å². The molecule has 0 atom stereocenters. The van der Waals surface area contributed by atoms with E-state index in [0.717, 1.165) is 13.2 Å². The van der Waals surface area contributed by atoms with E-state index in [1.165, 1.54) is 0 Å². The lowest BCUT2D eigenvalue weighted by atomic mass is 9.94. The number of halogens is 3. The first-order valence-electron chi connectivity index (χ1n) is 6.96. The highest BCUT2D eigenvalue weighted by Gasteiger charge is 2.40. The van der Waals surface area contributed by atoms with Crippen molar-refractivity contribution in [2.75, 3.05) is 25.6 Å². The van der Waals surface area contributed by atoms with Crippen molar-refractivity contribution in [1.29, 1.82) is 0 Å². The number of hydrogen-bond donors (Lipinski definition) is 1. The minimum atomic E-state index is -5.11. The van der Waals surface area contributed by atoms with E-state index < -0.39 is 18.1 Å². The van der Waals surface area contributed by atoms with Crippen LogP contribution in [0.2, 0.25) is 0 Å². The molecule has 0 saturated carbocycles. The van der Waals surface area contributed by atoms with Gasteiger partial charge in [-0.05, 0) is 18.9 Å². The molecule has 1 aromatic rings. The van der Waals surface area contributed by atoms with Crippen LogP contribution in [0.1, 0.15) is 32.2 Å². The summed E-state index contributed by atoms with van der Waals surface area (Å²) in [4.78, 5) is 35.1.